The van der Waals surface area contributed by atoms with Gasteiger partial charge in [0.25, 0.3) is 0 Å². The van der Waals surface area contributed by atoms with Crippen LogP contribution in [0.1, 0.15) is 48.4 Å². The van der Waals surface area contributed by atoms with Gasteiger partial charge in [-0.3, -0.25) is 0 Å². The second-order valence-corrected chi connectivity index (χ2v) is 7.96. The summed E-state index contributed by atoms with van der Waals surface area (Å²) in [6.45, 7) is 3.12. The third kappa shape index (κ3) is 4.83. The topological polar surface area (TPSA) is 86.0 Å². The van der Waals surface area contributed by atoms with Gasteiger partial charge in [-0.2, -0.15) is 18.2 Å². The molecule has 3 aromatic rings. The highest BCUT2D eigenvalue weighted by Crippen LogP contribution is 2.35. The molecule has 0 aliphatic carbocycles. The number of pyridine rings is 1. The Morgan fingerprint density at radius 3 is 2.61 bits per heavy atom. The number of hydrogen-bond donors (Lipinski definition) is 2. The van der Waals surface area contributed by atoms with E-state index in [9.17, 15) is 13.2 Å². The molecule has 0 amide bonds. The molecule has 0 radical (unpaired) electrons. The van der Waals surface area contributed by atoms with Gasteiger partial charge in [-0.15, -0.1) is 0 Å². The highest BCUT2D eigenvalue weighted by Gasteiger charge is 2.31. The number of nitrogens with one attached hydrogen (secondary N) is 1. The van der Waals surface area contributed by atoms with Crippen LogP contribution in [0.3, 0.4) is 0 Å². The van der Waals surface area contributed by atoms with E-state index in [-0.39, 0.29) is 11.0 Å². The molecule has 6 nitrogen and oxygen atoms in total. The third-order valence-corrected chi connectivity index (χ3v) is 5.57. The van der Waals surface area contributed by atoms with Gasteiger partial charge in [0.05, 0.1) is 17.0 Å². The van der Waals surface area contributed by atoms with E-state index < -0.39 is 17.8 Å². The lowest BCUT2D eigenvalue weighted by Gasteiger charge is -2.23. The van der Waals surface area contributed by atoms with Crippen molar-refractivity contribution in [2.75, 3.05) is 24.3 Å². The van der Waals surface area contributed by atoms with Crippen molar-refractivity contribution in [3.63, 3.8) is 0 Å². The minimum Gasteiger partial charge on any atom is -0.399 e. The fourth-order valence-electron chi connectivity index (χ4n) is 3.74. The Morgan fingerprint density at radius 2 is 1.90 bits per heavy atom. The Labute approximate surface area is 182 Å². The second-order valence-electron chi connectivity index (χ2n) is 7.62. The predicted octanol–water partition coefficient (Wildman–Crippen LogP) is 5.35. The molecule has 31 heavy (non-hydrogen) atoms. The smallest absolute Gasteiger partial charge is 0.399 e. The highest BCUT2D eigenvalue weighted by molar-refractivity contribution is 6.28. The molecule has 10 heteroatoms. The number of ether oxygens (including phenoxy) is 1. The molecule has 164 valence electrons. The number of halogens is 4. The first-order valence-corrected chi connectivity index (χ1v) is 10.2. The van der Waals surface area contributed by atoms with Crippen LogP contribution in [-0.4, -0.2) is 28.2 Å². The molecule has 0 saturated carbocycles. The van der Waals surface area contributed by atoms with E-state index in [4.69, 9.17) is 22.1 Å². The van der Waals surface area contributed by atoms with Crippen molar-refractivity contribution in [1.29, 1.82) is 0 Å². The zero-order chi connectivity index (χ0) is 22.2. The summed E-state index contributed by atoms with van der Waals surface area (Å²) in [5.41, 5.74) is 6.78. The SMILES string of the molecule is C[C@@H](Nc1nc(Cl)nc2ncc(C3CCOCC3)cc12)c1cc(N)cc(C(F)(F)F)c1. The van der Waals surface area contributed by atoms with E-state index in [1.807, 2.05) is 6.07 Å². The van der Waals surface area contributed by atoms with Crippen molar-refractivity contribution in [3.05, 3.63) is 52.4 Å². The maximum absolute atomic E-state index is 13.2. The van der Waals surface area contributed by atoms with Gasteiger partial charge in [-0.25, -0.2) is 9.97 Å². The molecule has 0 spiro atoms. The number of aromatic nitrogens is 3. The first kappa shape index (κ1) is 21.6. The van der Waals surface area contributed by atoms with Crippen molar-refractivity contribution < 1.29 is 17.9 Å². The van der Waals surface area contributed by atoms with E-state index in [0.717, 1.165) is 30.5 Å². The molecular weight excluding hydrogens is 431 g/mol. The van der Waals surface area contributed by atoms with Crippen LogP contribution in [0.5, 0.6) is 0 Å². The first-order chi connectivity index (χ1) is 14.7. The predicted molar refractivity (Wildman–Crippen MR) is 113 cm³/mol. The fraction of sp³-hybridized carbons (Fsp3) is 0.381. The van der Waals surface area contributed by atoms with E-state index in [1.54, 1.807) is 13.1 Å². The summed E-state index contributed by atoms with van der Waals surface area (Å²) in [4.78, 5) is 12.9. The van der Waals surface area contributed by atoms with Gasteiger partial charge < -0.3 is 15.8 Å². The monoisotopic (exact) mass is 451 g/mol. The number of nitrogens with zero attached hydrogens (tertiary/aromatic N) is 3. The molecule has 1 saturated heterocycles. The number of hydrogen-bond acceptors (Lipinski definition) is 6. The van der Waals surface area contributed by atoms with Crippen molar-refractivity contribution in [3.8, 4) is 0 Å². The summed E-state index contributed by atoms with van der Waals surface area (Å²) >= 11 is 6.06. The molecule has 1 atom stereocenters. The number of nitrogen functional groups attached to an aromatic ring is 1. The lowest BCUT2D eigenvalue weighted by molar-refractivity contribution is -0.137. The maximum atomic E-state index is 13.2. The van der Waals surface area contributed by atoms with Crippen molar-refractivity contribution in [2.24, 2.45) is 0 Å². The Morgan fingerprint density at radius 1 is 1.16 bits per heavy atom. The lowest BCUT2D eigenvalue weighted by Crippen LogP contribution is -2.15. The van der Waals surface area contributed by atoms with Crippen LogP contribution in [0.25, 0.3) is 11.0 Å². The van der Waals surface area contributed by atoms with Gasteiger partial charge in [0, 0.05) is 25.1 Å². The van der Waals surface area contributed by atoms with Gasteiger partial charge >= 0.3 is 6.18 Å². The number of alkyl halides is 3. The van der Waals surface area contributed by atoms with Crippen LogP contribution >= 0.6 is 11.6 Å². The van der Waals surface area contributed by atoms with Crippen LogP contribution in [0.2, 0.25) is 5.28 Å². The molecule has 0 unspecified atom stereocenters. The number of rotatable bonds is 4. The molecule has 1 aliphatic heterocycles. The summed E-state index contributed by atoms with van der Waals surface area (Å²) in [7, 11) is 0. The molecule has 1 aliphatic rings. The van der Waals surface area contributed by atoms with Crippen LogP contribution in [0.15, 0.2) is 30.5 Å². The Hall–Kier alpha value is -2.65. The van der Waals surface area contributed by atoms with Gasteiger partial charge in [-0.05, 0) is 72.7 Å². The fourth-order valence-corrected chi connectivity index (χ4v) is 3.91. The zero-order valence-electron chi connectivity index (χ0n) is 16.7. The third-order valence-electron chi connectivity index (χ3n) is 5.40. The molecule has 1 aromatic carbocycles. The van der Waals surface area contributed by atoms with Gasteiger partial charge in [-0.1, -0.05) is 0 Å². The van der Waals surface area contributed by atoms with E-state index in [1.165, 1.54) is 6.07 Å². The average Bonchev–Trinajstić information content (AvgIpc) is 2.73. The lowest BCUT2D eigenvalue weighted by atomic mass is 9.92. The average molecular weight is 452 g/mol. The number of anilines is 2. The van der Waals surface area contributed by atoms with Crippen molar-refractivity contribution in [2.45, 2.75) is 37.9 Å². The van der Waals surface area contributed by atoms with E-state index in [2.05, 4.69) is 20.3 Å². The summed E-state index contributed by atoms with van der Waals surface area (Å²) < 4.78 is 45.0. The summed E-state index contributed by atoms with van der Waals surface area (Å²) in [6.07, 6.45) is -0.922. The van der Waals surface area contributed by atoms with Crippen molar-refractivity contribution in [1.82, 2.24) is 15.0 Å². The highest BCUT2D eigenvalue weighted by atomic mass is 35.5. The minimum atomic E-state index is -4.49. The van der Waals surface area contributed by atoms with Crippen LogP contribution in [0, 0.1) is 0 Å². The second kappa shape index (κ2) is 8.47. The molecule has 0 bridgehead atoms. The summed E-state index contributed by atoms with van der Waals surface area (Å²) in [5.74, 6) is 0.717. The maximum Gasteiger partial charge on any atom is 0.416 e. The van der Waals surface area contributed by atoms with Crippen LogP contribution in [0.4, 0.5) is 24.7 Å². The molecule has 4 rings (SSSR count). The molecule has 3 N–H and O–H groups in total. The Bertz CT molecular complexity index is 1100. The quantitative estimate of drug-likeness (QED) is 0.411. The summed E-state index contributed by atoms with van der Waals surface area (Å²) in [6, 6.07) is 4.93. The molecule has 2 aromatic heterocycles. The summed E-state index contributed by atoms with van der Waals surface area (Å²) in [5, 5.41) is 3.81. The molecular formula is C21H21ClF3N5O. The number of benzene rings is 1. The largest absolute Gasteiger partial charge is 0.416 e. The van der Waals surface area contributed by atoms with E-state index in [0.29, 0.717) is 41.5 Å². The van der Waals surface area contributed by atoms with Crippen LogP contribution < -0.4 is 11.1 Å². The van der Waals surface area contributed by atoms with Gasteiger partial charge in [0.15, 0.2) is 5.65 Å². The van der Waals surface area contributed by atoms with Gasteiger partial charge in [0.1, 0.15) is 5.82 Å². The number of nitrogens with two attached hydrogens (primary N) is 1. The standard InChI is InChI=1S/C21H21ClF3N5O/c1-11(13-6-15(21(23,24)25)9-16(26)7-13)28-19-17-8-14(12-2-4-31-5-3-12)10-27-18(17)29-20(22)30-19/h6-12H,2-5,26H2,1H3,(H,27,28,29,30)/t11-/m1/s1. The number of fused-ring (bicyclic) bond motifs is 1. The van der Waals surface area contributed by atoms with Gasteiger partial charge in [0.2, 0.25) is 5.28 Å². The zero-order valence-corrected chi connectivity index (χ0v) is 17.5. The van der Waals surface area contributed by atoms with Crippen molar-refractivity contribution >= 4 is 34.1 Å². The van der Waals surface area contributed by atoms with Crippen LogP contribution in [-0.2, 0) is 10.9 Å². The Balaban J connectivity index is 1.69. The normalized spacial score (nSPS) is 16.4. The van der Waals surface area contributed by atoms with E-state index >= 15 is 0 Å². The molecule has 3 heterocycles. The minimum absolute atomic E-state index is 0.00271. The first-order valence-electron chi connectivity index (χ1n) is 9.86. The Kier molecular flexibility index (Phi) is 5.90. The molecule has 1 fully saturated rings.